The van der Waals surface area contributed by atoms with Gasteiger partial charge in [0.1, 0.15) is 18.1 Å². The van der Waals surface area contributed by atoms with Crippen LogP contribution in [0.2, 0.25) is 0 Å². The maximum Gasteiger partial charge on any atom is 0.326 e. The number of para-hydroxylation sites is 1. The Bertz CT molecular complexity index is 1160. The Morgan fingerprint density at radius 1 is 0.897 bits per heavy atom. The van der Waals surface area contributed by atoms with E-state index in [4.69, 9.17) is 11.5 Å². The molecule has 4 atom stereocenters. The molecule has 13 heteroatoms. The molecule has 4 unspecified atom stereocenters. The number of aliphatic carboxylic acids is 2. The maximum absolute atomic E-state index is 13.3. The van der Waals surface area contributed by atoms with Gasteiger partial charge in [-0.2, -0.15) is 0 Å². The molecule has 2 rings (SSSR count). The van der Waals surface area contributed by atoms with Crippen molar-refractivity contribution in [1.29, 1.82) is 0 Å². The van der Waals surface area contributed by atoms with E-state index in [1.165, 1.54) is 0 Å². The highest BCUT2D eigenvalue weighted by Gasteiger charge is 2.32. The van der Waals surface area contributed by atoms with Crippen molar-refractivity contribution < 1.29 is 34.2 Å². The van der Waals surface area contributed by atoms with Crippen molar-refractivity contribution >= 4 is 40.6 Å². The maximum atomic E-state index is 13.3. The minimum atomic E-state index is -1.52. The number of rotatable bonds is 16. The molecule has 3 amide bonds. The molecular formula is C26H38N6O7. The van der Waals surface area contributed by atoms with Gasteiger partial charge in [-0.1, -0.05) is 32.0 Å². The van der Waals surface area contributed by atoms with Gasteiger partial charge in [-0.3, -0.25) is 19.2 Å². The fourth-order valence-corrected chi connectivity index (χ4v) is 3.98. The van der Waals surface area contributed by atoms with Crippen LogP contribution in [0.1, 0.15) is 45.1 Å². The summed E-state index contributed by atoms with van der Waals surface area (Å²) >= 11 is 0. The van der Waals surface area contributed by atoms with E-state index in [0.717, 1.165) is 10.9 Å². The zero-order valence-corrected chi connectivity index (χ0v) is 22.1. The number of carbonyl (C=O) groups is 5. The van der Waals surface area contributed by atoms with Crippen molar-refractivity contribution in [3.8, 4) is 0 Å². The third-order valence-corrected chi connectivity index (χ3v) is 6.33. The summed E-state index contributed by atoms with van der Waals surface area (Å²) in [5.74, 6) is -5.26. The van der Waals surface area contributed by atoms with E-state index in [1.54, 1.807) is 20.0 Å². The van der Waals surface area contributed by atoms with Crippen molar-refractivity contribution in [3.63, 3.8) is 0 Å². The number of carboxylic acids is 2. The first-order valence-electron chi connectivity index (χ1n) is 12.8. The fraction of sp³-hybridized carbons (Fsp3) is 0.500. The highest BCUT2D eigenvalue weighted by molar-refractivity contribution is 5.96. The van der Waals surface area contributed by atoms with Gasteiger partial charge < -0.3 is 42.6 Å². The van der Waals surface area contributed by atoms with Crippen LogP contribution >= 0.6 is 0 Å². The standard InChI is InChI=1S/C26H38N6O7/c1-14(2)22(28)25(37)32-20(12-21(33)34)24(36)31-19(11-15-13-29-17-8-4-3-7-16(15)17)23(35)30-18(26(38)39)9-5-6-10-27/h3-4,7-8,13-14,18-20,22,29H,5-6,9-12,27-28H2,1-2H3,(H,30,35)(H,31,36)(H,32,37)(H,33,34)(H,38,39). The minimum absolute atomic E-state index is 0.0318. The Kier molecular flexibility index (Phi) is 11.9. The van der Waals surface area contributed by atoms with Gasteiger partial charge in [0.2, 0.25) is 17.7 Å². The van der Waals surface area contributed by atoms with Crippen LogP contribution in [0.5, 0.6) is 0 Å². The molecule has 214 valence electrons. The lowest BCUT2D eigenvalue weighted by atomic mass is 10.0. The molecule has 13 nitrogen and oxygen atoms in total. The third kappa shape index (κ3) is 9.37. The van der Waals surface area contributed by atoms with Crippen LogP contribution < -0.4 is 27.4 Å². The first kappa shape index (κ1) is 31.2. The largest absolute Gasteiger partial charge is 0.481 e. The Morgan fingerprint density at radius 3 is 2.13 bits per heavy atom. The van der Waals surface area contributed by atoms with Crippen LogP contribution in [0.25, 0.3) is 10.9 Å². The van der Waals surface area contributed by atoms with Crippen LogP contribution in [0.15, 0.2) is 30.5 Å². The van der Waals surface area contributed by atoms with Gasteiger partial charge in [-0.25, -0.2) is 4.79 Å². The average Bonchev–Trinajstić information content (AvgIpc) is 3.29. The molecule has 1 heterocycles. The first-order chi connectivity index (χ1) is 18.4. The van der Waals surface area contributed by atoms with Crippen molar-refractivity contribution in [2.45, 2.75) is 70.1 Å². The van der Waals surface area contributed by atoms with E-state index in [1.807, 2.05) is 24.3 Å². The summed E-state index contributed by atoms with van der Waals surface area (Å²) in [6, 6.07) is 2.30. The number of unbranched alkanes of at least 4 members (excludes halogenated alkanes) is 1. The smallest absolute Gasteiger partial charge is 0.326 e. The number of aromatic amines is 1. The molecule has 1 aromatic carbocycles. The lowest BCUT2D eigenvalue weighted by Crippen LogP contribution is -2.58. The van der Waals surface area contributed by atoms with Crippen LogP contribution in [-0.4, -0.2) is 75.6 Å². The van der Waals surface area contributed by atoms with Crippen molar-refractivity contribution in [1.82, 2.24) is 20.9 Å². The summed E-state index contributed by atoms with van der Waals surface area (Å²) in [5.41, 5.74) is 12.8. The summed E-state index contributed by atoms with van der Waals surface area (Å²) in [5, 5.41) is 27.1. The first-order valence-corrected chi connectivity index (χ1v) is 12.8. The number of carbonyl (C=O) groups excluding carboxylic acids is 3. The molecule has 10 N–H and O–H groups in total. The van der Waals surface area contributed by atoms with E-state index in [2.05, 4.69) is 20.9 Å². The van der Waals surface area contributed by atoms with Crippen molar-refractivity contribution in [2.24, 2.45) is 17.4 Å². The molecular weight excluding hydrogens is 508 g/mol. The number of carboxylic acid groups (broad SMARTS) is 2. The number of aromatic nitrogens is 1. The van der Waals surface area contributed by atoms with E-state index in [-0.39, 0.29) is 18.8 Å². The van der Waals surface area contributed by atoms with Crippen molar-refractivity contribution in [2.75, 3.05) is 6.54 Å². The molecule has 0 spiro atoms. The molecule has 2 aromatic rings. The summed E-state index contributed by atoms with van der Waals surface area (Å²) in [7, 11) is 0. The highest BCUT2D eigenvalue weighted by atomic mass is 16.4. The van der Waals surface area contributed by atoms with E-state index < -0.39 is 60.2 Å². The number of fused-ring (bicyclic) bond motifs is 1. The van der Waals surface area contributed by atoms with E-state index in [0.29, 0.717) is 24.9 Å². The number of benzene rings is 1. The average molecular weight is 547 g/mol. The molecule has 0 aliphatic carbocycles. The number of hydrogen-bond donors (Lipinski definition) is 8. The quantitative estimate of drug-likeness (QED) is 0.131. The predicted molar refractivity (Wildman–Crippen MR) is 143 cm³/mol. The van der Waals surface area contributed by atoms with Gasteiger partial charge in [0, 0.05) is 23.5 Å². The molecule has 0 aliphatic heterocycles. The Morgan fingerprint density at radius 2 is 1.51 bits per heavy atom. The molecule has 0 fully saturated rings. The van der Waals surface area contributed by atoms with Gasteiger partial charge in [0.25, 0.3) is 0 Å². The van der Waals surface area contributed by atoms with Gasteiger partial charge in [-0.05, 0) is 43.4 Å². The summed E-state index contributed by atoms with van der Waals surface area (Å²) in [6.07, 6.45) is 2.07. The third-order valence-electron chi connectivity index (χ3n) is 6.33. The fourth-order valence-electron chi connectivity index (χ4n) is 3.98. The van der Waals surface area contributed by atoms with E-state index >= 15 is 0 Å². The Balaban J connectivity index is 2.32. The van der Waals surface area contributed by atoms with Crippen LogP contribution in [0, 0.1) is 5.92 Å². The van der Waals surface area contributed by atoms with Gasteiger partial charge in [-0.15, -0.1) is 0 Å². The van der Waals surface area contributed by atoms with Gasteiger partial charge in [0.05, 0.1) is 12.5 Å². The van der Waals surface area contributed by atoms with Crippen LogP contribution in [-0.2, 0) is 30.4 Å². The summed E-state index contributed by atoms with van der Waals surface area (Å²) in [4.78, 5) is 65.3. The number of hydrogen-bond acceptors (Lipinski definition) is 7. The number of nitrogens with one attached hydrogen (secondary N) is 4. The Hall–Kier alpha value is -3.97. The molecule has 0 saturated carbocycles. The van der Waals surface area contributed by atoms with Gasteiger partial charge >= 0.3 is 11.9 Å². The van der Waals surface area contributed by atoms with E-state index in [9.17, 15) is 34.2 Å². The topological polar surface area (TPSA) is 230 Å². The summed E-state index contributed by atoms with van der Waals surface area (Å²) < 4.78 is 0. The number of nitrogens with two attached hydrogens (primary N) is 2. The Labute approximate surface area is 226 Å². The lowest BCUT2D eigenvalue weighted by molar-refractivity contribution is -0.143. The van der Waals surface area contributed by atoms with Crippen LogP contribution in [0.4, 0.5) is 0 Å². The molecule has 0 radical (unpaired) electrons. The molecule has 0 saturated heterocycles. The number of H-pyrrole nitrogens is 1. The second-order valence-electron chi connectivity index (χ2n) is 9.74. The molecule has 0 bridgehead atoms. The lowest BCUT2D eigenvalue weighted by Gasteiger charge is -2.25. The monoisotopic (exact) mass is 546 g/mol. The molecule has 1 aromatic heterocycles. The minimum Gasteiger partial charge on any atom is -0.481 e. The van der Waals surface area contributed by atoms with Gasteiger partial charge in [0.15, 0.2) is 0 Å². The second kappa shape index (κ2) is 14.8. The molecule has 39 heavy (non-hydrogen) atoms. The second-order valence-corrected chi connectivity index (χ2v) is 9.74. The zero-order valence-electron chi connectivity index (χ0n) is 22.1. The highest BCUT2D eigenvalue weighted by Crippen LogP contribution is 2.19. The van der Waals surface area contributed by atoms with Crippen molar-refractivity contribution in [3.05, 3.63) is 36.0 Å². The predicted octanol–water partition coefficient (Wildman–Crippen LogP) is -0.164. The molecule has 0 aliphatic rings. The van der Waals surface area contributed by atoms with Crippen LogP contribution in [0.3, 0.4) is 0 Å². The normalized spacial score (nSPS) is 14.3. The summed E-state index contributed by atoms with van der Waals surface area (Å²) in [6.45, 7) is 3.77. The SMILES string of the molecule is CC(C)C(N)C(=O)NC(CC(=O)O)C(=O)NC(Cc1c[nH]c2ccccc12)C(=O)NC(CCCCN)C(=O)O. The number of amides is 3. The zero-order chi connectivity index (χ0) is 29.1.